The average molecular weight is 348 g/mol. The van der Waals surface area contributed by atoms with Crippen molar-refractivity contribution in [2.24, 2.45) is 10.9 Å². The van der Waals surface area contributed by atoms with Gasteiger partial charge in [-0.3, -0.25) is 4.90 Å². The van der Waals surface area contributed by atoms with E-state index in [1.54, 1.807) is 17.8 Å². The molecule has 0 bridgehead atoms. The molecule has 1 saturated heterocycles. The van der Waals surface area contributed by atoms with E-state index in [2.05, 4.69) is 10.1 Å². The molecule has 0 amide bonds. The lowest BCUT2D eigenvalue weighted by Crippen LogP contribution is -2.49. The molecule has 0 atom stereocenters. The van der Waals surface area contributed by atoms with Crippen molar-refractivity contribution < 1.29 is 5.21 Å². The number of hydrogen-bond donors (Lipinski definition) is 2. The molecule has 0 saturated carbocycles. The Bertz CT molecular complexity index is 531. The van der Waals surface area contributed by atoms with Crippen LogP contribution in [0.2, 0.25) is 10.0 Å². The largest absolute Gasteiger partial charge is 0.409 e. The molecule has 4 nitrogen and oxygen atoms in total. The first-order valence-corrected chi connectivity index (χ1v) is 8.68. The summed E-state index contributed by atoms with van der Waals surface area (Å²) in [6.07, 6.45) is 3.70. The van der Waals surface area contributed by atoms with E-state index in [0.717, 1.165) is 43.1 Å². The van der Waals surface area contributed by atoms with E-state index in [1.807, 2.05) is 18.4 Å². The van der Waals surface area contributed by atoms with Crippen LogP contribution in [0.5, 0.6) is 0 Å². The standard InChI is InChI=1S/C14H19Cl2N3OS/c1-21-14(13(17)18-20)4-6-19(7-5-14)9-10-8-11(15)2-3-12(10)16/h2-3,8,20H,4-7,9H2,1H3,(H2,17,18). The van der Waals surface area contributed by atoms with Crippen molar-refractivity contribution in [2.75, 3.05) is 19.3 Å². The Morgan fingerprint density at radius 1 is 1.43 bits per heavy atom. The third-order valence-corrected chi connectivity index (χ3v) is 6.03. The number of nitrogens with two attached hydrogens (primary N) is 1. The minimum atomic E-state index is -0.261. The molecule has 7 heteroatoms. The zero-order chi connectivity index (χ0) is 15.5. The Kier molecular flexibility index (Phi) is 5.66. The molecule has 1 aliphatic heterocycles. The Hall–Kier alpha value is -0.620. The first-order chi connectivity index (χ1) is 10.0. The van der Waals surface area contributed by atoms with Crippen molar-refractivity contribution >= 4 is 40.8 Å². The molecule has 21 heavy (non-hydrogen) atoms. The van der Waals surface area contributed by atoms with Crippen LogP contribution in [0.1, 0.15) is 18.4 Å². The second kappa shape index (κ2) is 7.09. The van der Waals surface area contributed by atoms with E-state index < -0.39 is 0 Å². The molecule has 0 aliphatic carbocycles. The Labute approximate surface area is 139 Å². The van der Waals surface area contributed by atoms with Crippen molar-refractivity contribution in [2.45, 2.75) is 24.1 Å². The fourth-order valence-corrected chi connectivity index (χ4v) is 3.85. The summed E-state index contributed by atoms with van der Waals surface area (Å²) in [6, 6.07) is 5.52. The highest BCUT2D eigenvalue weighted by atomic mass is 35.5. The van der Waals surface area contributed by atoms with Crippen LogP contribution in [0.3, 0.4) is 0 Å². The van der Waals surface area contributed by atoms with Gasteiger partial charge in [0.05, 0.1) is 4.75 Å². The molecule has 0 aromatic heterocycles. The fourth-order valence-electron chi connectivity index (χ4n) is 2.63. The number of amidine groups is 1. The minimum absolute atomic E-state index is 0.261. The van der Waals surface area contributed by atoms with Crippen LogP contribution in [0, 0.1) is 0 Å². The van der Waals surface area contributed by atoms with Gasteiger partial charge in [0.15, 0.2) is 5.84 Å². The average Bonchev–Trinajstić information content (AvgIpc) is 2.51. The monoisotopic (exact) mass is 347 g/mol. The van der Waals surface area contributed by atoms with Gasteiger partial charge in [0.1, 0.15) is 0 Å². The van der Waals surface area contributed by atoms with Crippen molar-refractivity contribution in [3.63, 3.8) is 0 Å². The molecule has 1 aliphatic rings. The molecule has 1 aromatic rings. The van der Waals surface area contributed by atoms with Crippen molar-refractivity contribution in [3.05, 3.63) is 33.8 Å². The van der Waals surface area contributed by atoms with Crippen LogP contribution in [0.4, 0.5) is 0 Å². The lowest BCUT2D eigenvalue weighted by Gasteiger charge is -2.39. The first kappa shape index (κ1) is 16.7. The number of halogens is 2. The number of hydrogen-bond acceptors (Lipinski definition) is 4. The van der Waals surface area contributed by atoms with Crippen LogP contribution < -0.4 is 5.73 Å². The van der Waals surface area contributed by atoms with Crippen molar-refractivity contribution in [3.8, 4) is 0 Å². The summed E-state index contributed by atoms with van der Waals surface area (Å²) in [4.78, 5) is 2.32. The van der Waals surface area contributed by atoms with Crippen molar-refractivity contribution in [1.29, 1.82) is 0 Å². The van der Waals surface area contributed by atoms with E-state index in [4.69, 9.17) is 34.1 Å². The number of likely N-dealkylation sites (tertiary alicyclic amines) is 1. The van der Waals surface area contributed by atoms with Crippen LogP contribution in [-0.2, 0) is 6.54 Å². The van der Waals surface area contributed by atoms with Crippen LogP contribution in [0.15, 0.2) is 23.4 Å². The highest BCUT2D eigenvalue weighted by Gasteiger charge is 2.38. The molecule has 116 valence electrons. The van der Waals surface area contributed by atoms with E-state index in [-0.39, 0.29) is 4.75 Å². The third-order valence-electron chi connectivity index (χ3n) is 4.03. The summed E-state index contributed by atoms with van der Waals surface area (Å²) in [7, 11) is 0. The van der Waals surface area contributed by atoms with Gasteiger partial charge in [-0.05, 0) is 42.9 Å². The quantitative estimate of drug-likeness (QED) is 0.379. The zero-order valence-corrected chi connectivity index (χ0v) is 14.2. The van der Waals surface area contributed by atoms with Gasteiger partial charge in [0, 0.05) is 29.7 Å². The summed E-state index contributed by atoms with van der Waals surface area (Å²) in [6.45, 7) is 2.51. The summed E-state index contributed by atoms with van der Waals surface area (Å²) in [5.41, 5.74) is 6.89. The maximum Gasteiger partial charge on any atom is 0.155 e. The topological polar surface area (TPSA) is 61.9 Å². The smallest absolute Gasteiger partial charge is 0.155 e. The summed E-state index contributed by atoms with van der Waals surface area (Å²) in [5, 5.41) is 13.6. The lowest BCUT2D eigenvalue weighted by molar-refractivity contribution is 0.209. The first-order valence-electron chi connectivity index (χ1n) is 6.70. The van der Waals surface area contributed by atoms with Gasteiger partial charge in [-0.25, -0.2) is 0 Å². The SMILES string of the molecule is CSC1(C(N)=NO)CCN(Cc2cc(Cl)ccc2Cl)CC1. The number of thioether (sulfide) groups is 1. The van der Waals surface area contributed by atoms with E-state index >= 15 is 0 Å². The van der Waals surface area contributed by atoms with E-state index in [0.29, 0.717) is 10.9 Å². The molecule has 0 radical (unpaired) electrons. The van der Waals surface area contributed by atoms with E-state index in [1.165, 1.54) is 0 Å². The molecule has 0 unspecified atom stereocenters. The normalized spacial score (nSPS) is 19.7. The third kappa shape index (κ3) is 3.77. The number of nitrogens with zero attached hydrogens (tertiary/aromatic N) is 2. The number of piperidine rings is 1. The van der Waals surface area contributed by atoms with Gasteiger partial charge in [-0.15, -0.1) is 0 Å². The molecular weight excluding hydrogens is 329 g/mol. The summed E-state index contributed by atoms with van der Waals surface area (Å²) in [5.74, 6) is 0.315. The van der Waals surface area contributed by atoms with Gasteiger partial charge in [-0.1, -0.05) is 28.4 Å². The highest BCUT2D eigenvalue weighted by molar-refractivity contribution is 8.00. The van der Waals surface area contributed by atoms with Crippen molar-refractivity contribution in [1.82, 2.24) is 4.90 Å². The number of benzene rings is 1. The Morgan fingerprint density at radius 3 is 2.67 bits per heavy atom. The lowest BCUT2D eigenvalue weighted by atomic mass is 9.94. The molecule has 3 N–H and O–H groups in total. The second-order valence-electron chi connectivity index (χ2n) is 5.20. The van der Waals surface area contributed by atoms with Gasteiger partial charge < -0.3 is 10.9 Å². The van der Waals surface area contributed by atoms with E-state index in [9.17, 15) is 0 Å². The summed E-state index contributed by atoms with van der Waals surface area (Å²) >= 11 is 13.9. The second-order valence-corrected chi connectivity index (χ2v) is 7.23. The van der Waals surface area contributed by atoms with Gasteiger partial charge in [-0.2, -0.15) is 11.8 Å². The highest BCUT2D eigenvalue weighted by Crippen LogP contribution is 2.35. The molecule has 1 aromatic carbocycles. The Balaban J connectivity index is 2.03. The van der Waals surface area contributed by atoms with Crippen LogP contribution in [-0.4, -0.2) is 40.0 Å². The predicted octanol–water partition coefficient (Wildman–Crippen LogP) is 3.44. The van der Waals surface area contributed by atoms with Gasteiger partial charge in [0.25, 0.3) is 0 Å². The molecule has 1 fully saturated rings. The molecule has 2 rings (SSSR count). The van der Waals surface area contributed by atoms with Crippen LogP contribution in [0.25, 0.3) is 0 Å². The van der Waals surface area contributed by atoms with Crippen LogP contribution >= 0.6 is 35.0 Å². The minimum Gasteiger partial charge on any atom is -0.409 e. The number of oxime groups is 1. The van der Waals surface area contributed by atoms with Gasteiger partial charge in [0.2, 0.25) is 0 Å². The maximum absolute atomic E-state index is 8.96. The molecule has 0 spiro atoms. The predicted molar refractivity (Wildman–Crippen MR) is 90.6 cm³/mol. The maximum atomic E-state index is 8.96. The molecule has 1 heterocycles. The summed E-state index contributed by atoms with van der Waals surface area (Å²) < 4.78 is -0.261. The molecular formula is C14H19Cl2N3OS. The zero-order valence-electron chi connectivity index (χ0n) is 11.9. The fraction of sp³-hybridized carbons (Fsp3) is 0.500. The number of rotatable bonds is 4. The Morgan fingerprint density at radius 2 is 2.10 bits per heavy atom. The van der Waals surface area contributed by atoms with Gasteiger partial charge >= 0.3 is 0 Å².